The highest BCUT2D eigenvalue weighted by Crippen LogP contribution is 2.20. The lowest BCUT2D eigenvalue weighted by atomic mass is 10.1. The van der Waals surface area contributed by atoms with E-state index in [1.807, 2.05) is 11.8 Å². The second kappa shape index (κ2) is 7.64. The number of carbonyl (C=O) groups is 1. The number of carboxylic acids is 1. The molecule has 2 aliphatic heterocycles. The second-order valence-electron chi connectivity index (χ2n) is 5.90. The molecule has 0 amide bonds. The Balaban J connectivity index is 1.87. The van der Waals surface area contributed by atoms with Crippen molar-refractivity contribution in [3.05, 3.63) is 0 Å². The fraction of sp³-hybridized carbons (Fsp3) is 0.929. The number of hydrogen-bond acceptors (Lipinski definition) is 5. The average molecular weight is 302 g/mol. The molecule has 20 heavy (non-hydrogen) atoms. The number of thioether (sulfide) groups is 1. The van der Waals surface area contributed by atoms with Crippen LogP contribution in [0.25, 0.3) is 0 Å². The zero-order chi connectivity index (χ0) is 14.5. The molecule has 6 heteroatoms. The van der Waals surface area contributed by atoms with E-state index in [-0.39, 0.29) is 18.6 Å². The van der Waals surface area contributed by atoms with Crippen LogP contribution in [0.4, 0.5) is 0 Å². The fourth-order valence-corrected chi connectivity index (χ4v) is 4.03. The lowest BCUT2D eigenvalue weighted by molar-refractivity contribution is -0.138. The number of ether oxygens (including phenoxy) is 1. The fourth-order valence-electron chi connectivity index (χ4n) is 2.90. The first-order valence-electron chi connectivity index (χ1n) is 7.45. The molecule has 2 heterocycles. The molecule has 2 aliphatic rings. The summed E-state index contributed by atoms with van der Waals surface area (Å²) < 4.78 is 5.88. The van der Waals surface area contributed by atoms with E-state index in [2.05, 4.69) is 23.6 Å². The van der Waals surface area contributed by atoms with Gasteiger partial charge in [-0.2, -0.15) is 11.8 Å². The number of aliphatic carboxylic acids is 1. The summed E-state index contributed by atoms with van der Waals surface area (Å²) in [5.74, 6) is 1.32. The zero-order valence-electron chi connectivity index (χ0n) is 12.5. The van der Waals surface area contributed by atoms with Crippen LogP contribution in [0.2, 0.25) is 0 Å². The van der Waals surface area contributed by atoms with Crippen molar-refractivity contribution in [3.8, 4) is 0 Å². The van der Waals surface area contributed by atoms with Crippen LogP contribution >= 0.6 is 11.8 Å². The lowest BCUT2D eigenvalue weighted by Crippen LogP contribution is -2.53. The zero-order valence-corrected chi connectivity index (χ0v) is 13.3. The average Bonchev–Trinajstić information content (AvgIpc) is 2.41. The van der Waals surface area contributed by atoms with Gasteiger partial charge in [-0.3, -0.25) is 14.6 Å². The van der Waals surface area contributed by atoms with E-state index in [1.165, 1.54) is 0 Å². The van der Waals surface area contributed by atoms with Crippen LogP contribution in [0, 0.1) is 0 Å². The van der Waals surface area contributed by atoms with Crippen molar-refractivity contribution >= 4 is 17.7 Å². The number of nitrogens with zero attached hydrogens (tertiary/aromatic N) is 2. The summed E-state index contributed by atoms with van der Waals surface area (Å²) in [6, 6.07) is 0.706. The Morgan fingerprint density at radius 1 is 1.45 bits per heavy atom. The molecule has 1 N–H and O–H groups in total. The first-order valence-corrected chi connectivity index (χ1v) is 8.61. The molecule has 0 aromatic rings. The van der Waals surface area contributed by atoms with Gasteiger partial charge in [0.25, 0.3) is 0 Å². The van der Waals surface area contributed by atoms with E-state index < -0.39 is 5.97 Å². The molecule has 0 aromatic heterocycles. The normalized spacial score (nSPS) is 29.8. The van der Waals surface area contributed by atoms with E-state index in [0.717, 1.165) is 44.3 Å². The van der Waals surface area contributed by atoms with E-state index in [0.29, 0.717) is 6.04 Å². The SMILES string of the molecule is CC(C)N1CCOC(CN2CCSCC2CC(=O)O)C1. The van der Waals surface area contributed by atoms with Crippen LogP contribution in [-0.2, 0) is 9.53 Å². The molecular formula is C14H26N2O3S. The number of hydrogen-bond donors (Lipinski definition) is 1. The van der Waals surface area contributed by atoms with Gasteiger partial charge < -0.3 is 9.84 Å². The third-order valence-electron chi connectivity index (χ3n) is 4.10. The summed E-state index contributed by atoms with van der Waals surface area (Å²) in [5, 5.41) is 9.03. The Kier molecular flexibility index (Phi) is 6.14. The van der Waals surface area contributed by atoms with Crippen LogP contribution in [0.5, 0.6) is 0 Å². The molecule has 2 rings (SSSR count). The topological polar surface area (TPSA) is 53.0 Å². The van der Waals surface area contributed by atoms with E-state index >= 15 is 0 Å². The molecule has 2 fully saturated rings. The van der Waals surface area contributed by atoms with Crippen LogP contribution in [0.15, 0.2) is 0 Å². The Labute approximate surface area is 125 Å². The third-order valence-corrected chi connectivity index (χ3v) is 5.19. The minimum Gasteiger partial charge on any atom is -0.481 e. The summed E-state index contributed by atoms with van der Waals surface area (Å²) in [7, 11) is 0. The van der Waals surface area contributed by atoms with Crippen LogP contribution in [-0.4, -0.2) is 83.4 Å². The summed E-state index contributed by atoms with van der Waals surface area (Å²) >= 11 is 1.86. The number of rotatable bonds is 5. The molecule has 2 atom stereocenters. The van der Waals surface area contributed by atoms with Crippen molar-refractivity contribution in [3.63, 3.8) is 0 Å². The van der Waals surface area contributed by atoms with Crippen molar-refractivity contribution in [2.75, 3.05) is 44.3 Å². The van der Waals surface area contributed by atoms with Gasteiger partial charge in [0.15, 0.2) is 0 Å². The maximum atomic E-state index is 11.0. The van der Waals surface area contributed by atoms with Gasteiger partial charge in [-0.1, -0.05) is 0 Å². The standard InChI is InChI=1S/C14H26N2O3S/c1-11(2)15-3-5-19-13(8-15)9-16-4-6-20-10-12(16)7-14(17)18/h11-13H,3-10H2,1-2H3,(H,17,18). The Morgan fingerprint density at radius 3 is 2.95 bits per heavy atom. The maximum absolute atomic E-state index is 11.0. The highest BCUT2D eigenvalue weighted by Gasteiger charge is 2.30. The van der Waals surface area contributed by atoms with E-state index in [9.17, 15) is 4.79 Å². The van der Waals surface area contributed by atoms with Gasteiger partial charge in [0.2, 0.25) is 0 Å². The summed E-state index contributed by atoms with van der Waals surface area (Å²) in [5.41, 5.74) is 0. The molecule has 0 aliphatic carbocycles. The minimum absolute atomic E-state index is 0.157. The molecule has 0 bridgehead atoms. The molecule has 0 saturated carbocycles. The largest absolute Gasteiger partial charge is 0.481 e. The molecule has 2 saturated heterocycles. The van der Waals surface area contributed by atoms with Crippen LogP contribution in [0.3, 0.4) is 0 Å². The van der Waals surface area contributed by atoms with Crippen molar-refractivity contribution in [1.82, 2.24) is 9.80 Å². The lowest BCUT2D eigenvalue weighted by Gasteiger charge is -2.41. The van der Waals surface area contributed by atoms with Gasteiger partial charge >= 0.3 is 5.97 Å². The van der Waals surface area contributed by atoms with E-state index in [1.54, 1.807) is 0 Å². The Hall–Kier alpha value is -0.300. The molecule has 116 valence electrons. The van der Waals surface area contributed by atoms with Gasteiger partial charge in [0, 0.05) is 49.8 Å². The van der Waals surface area contributed by atoms with Crippen molar-refractivity contribution in [1.29, 1.82) is 0 Å². The third kappa shape index (κ3) is 4.62. The first kappa shape index (κ1) is 16.1. The molecule has 0 radical (unpaired) electrons. The first-order chi connectivity index (χ1) is 9.56. The van der Waals surface area contributed by atoms with E-state index in [4.69, 9.17) is 9.84 Å². The Bertz CT molecular complexity index is 328. The van der Waals surface area contributed by atoms with Crippen molar-refractivity contribution < 1.29 is 14.6 Å². The molecule has 0 aromatic carbocycles. The molecule has 5 nitrogen and oxygen atoms in total. The molecule has 2 unspecified atom stereocenters. The van der Waals surface area contributed by atoms with Gasteiger partial charge in [-0.25, -0.2) is 0 Å². The van der Waals surface area contributed by atoms with Gasteiger partial charge in [0.05, 0.1) is 19.1 Å². The summed E-state index contributed by atoms with van der Waals surface area (Å²) in [4.78, 5) is 15.7. The van der Waals surface area contributed by atoms with Gasteiger partial charge in [0.1, 0.15) is 0 Å². The van der Waals surface area contributed by atoms with Gasteiger partial charge in [-0.05, 0) is 13.8 Å². The minimum atomic E-state index is -0.698. The quantitative estimate of drug-likeness (QED) is 0.817. The Morgan fingerprint density at radius 2 is 2.25 bits per heavy atom. The highest BCUT2D eigenvalue weighted by molar-refractivity contribution is 7.99. The highest BCUT2D eigenvalue weighted by atomic mass is 32.2. The maximum Gasteiger partial charge on any atom is 0.304 e. The smallest absolute Gasteiger partial charge is 0.304 e. The van der Waals surface area contributed by atoms with Crippen molar-refractivity contribution in [2.45, 2.75) is 38.5 Å². The van der Waals surface area contributed by atoms with Crippen LogP contribution < -0.4 is 0 Å². The number of morpholine rings is 1. The predicted octanol–water partition coefficient (Wildman–Crippen LogP) is 0.988. The molecular weight excluding hydrogens is 276 g/mol. The summed E-state index contributed by atoms with van der Waals surface area (Å²) in [6.45, 7) is 9.02. The monoisotopic (exact) mass is 302 g/mol. The van der Waals surface area contributed by atoms with Crippen molar-refractivity contribution in [2.24, 2.45) is 0 Å². The van der Waals surface area contributed by atoms with Gasteiger partial charge in [-0.15, -0.1) is 0 Å². The second-order valence-corrected chi connectivity index (χ2v) is 7.05. The predicted molar refractivity (Wildman–Crippen MR) is 81.4 cm³/mol. The summed E-state index contributed by atoms with van der Waals surface area (Å²) in [6.07, 6.45) is 0.457. The number of carboxylic acid groups (broad SMARTS) is 1. The van der Waals surface area contributed by atoms with Crippen LogP contribution in [0.1, 0.15) is 20.3 Å². The molecule has 0 spiro atoms.